The number of aromatic amines is 1. The number of carbonyl (C=O) groups is 1. The van der Waals surface area contributed by atoms with E-state index in [1.54, 1.807) is 0 Å². The van der Waals surface area contributed by atoms with E-state index >= 15 is 0 Å². The van der Waals surface area contributed by atoms with Gasteiger partial charge >= 0.3 is 0 Å². The second kappa shape index (κ2) is 4.60. The van der Waals surface area contributed by atoms with Crippen molar-refractivity contribution < 1.29 is 4.79 Å². The summed E-state index contributed by atoms with van der Waals surface area (Å²) >= 11 is 0. The lowest BCUT2D eigenvalue weighted by Gasteiger charge is -2.06. The van der Waals surface area contributed by atoms with Crippen LogP contribution in [0, 0.1) is 5.92 Å². The highest BCUT2D eigenvalue weighted by molar-refractivity contribution is 5.93. The van der Waals surface area contributed by atoms with Gasteiger partial charge in [-0.05, 0) is 12.0 Å². The Balaban J connectivity index is 2.61. The van der Waals surface area contributed by atoms with Crippen LogP contribution in [0.3, 0.4) is 0 Å². The molecule has 1 aromatic heterocycles. The summed E-state index contributed by atoms with van der Waals surface area (Å²) in [7, 11) is 0. The molecule has 4 nitrogen and oxygen atoms in total. The molecule has 1 amide bonds. The van der Waals surface area contributed by atoms with Gasteiger partial charge in [-0.1, -0.05) is 13.8 Å². The van der Waals surface area contributed by atoms with Crippen molar-refractivity contribution in [2.45, 2.75) is 13.8 Å². The lowest BCUT2D eigenvalue weighted by molar-refractivity contribution is 0.0948. The van der Waals surface area contributed by atoms with Gasteiger partial charge in [0.15, 0.2) is 0 Å². The van der Waals surface area contributed by atoms with Crippen LogP contribution in [0.25, 0.3) is 0 Å². The van der Waals surface area contributed by atoms with E-state index in [0.29, 0.717) is 18.0 Å². The van der Waals surface area contributed by atoms with Crippen molar-refractivity contribution in [1.82, 2.24) is 10.3 Å². The molecule has 0 radical (unpaired) electrons. The number of carbonyl (C=O) groups excluding carboxylic acids is 1. The second-order valence-corrected chi connectivity index (χ2v) is 3.55. The highest BCUT2D eigenvalue weighted by Gasteiger charge is 2.04. The lowest BCUT2D eigenvalue weighted by Crippen LogP contribution is -2.27. The summed E-state index contributed by atoms with van der Waals surface area (Å²) in [5.74, 6) is 0.261. The average Bonchev–Trinajstić information content (AvgIpc) is 2.15. The third-order valence-corrected chi connectivity index (χ3v) is 1.72. The Labute approximate surface area is 82.3 Å². The van der Waals surface area contributed by atoms with Gasteiger partial charge in [0.1, 0.15) is 0 Å². The van der Waals surface area contributed by atoms with E-state index in [1.807, 2.05) is 13.8 Å². The van der Waals surface area contributed by atoms with E-state index in [2.05, 4.69) is 10.3 Å². The maximum atomic E-state index is 11.4. The molecule has 0 saturated carbocycles. The van der Waals surface area contributed by atoms with Crippen molar-refractivity contribution in [3.8, 4) is 0 Å². The lowest BCUT2D eigenvalue weighted by atomic mass is 10.2. The van der Waals surface area contributed by atoms with Gasteiger partial charge in [-0.25, -0.2) is 0 Å². The average molecular weight is 194 g/mol. The van der Waals surface area contributed by atoms with Crippen LogP contribution in [-0.4, -0.2) is 17.4 Å². The Morgan fingerprint density at radius 3 is 2.71 bits per heavy atom. The summed E-state index contributed by atoms with van der Waals surface area (Å²) in [6.07, 6.45) is 1.41. The fourth-order valence-corrected chi connectivity index (χ4v) is 0.951. The normalized spacial score (nSPS) is 10.2. The minimum Gasteiger partial charge on any atom is -0.352 e. The topological polar surface area (TPSA) is 62.0 Å². The predicted molar refractivity (Wildman–Crippen MR) is 54.2 cm³/mol. The van der Waals surface area contributed by atoms with Crippen LogP contribution in [0.15, 0.2) is 23.1 Å². The van der Waals surface area contributed by atoms with Gasteiger partial charge in [-0.15, -0.1) is 0 Å². The minimum absolute atomic E-state index is 0.157. The molecule has 4 heteroatoms. The molecule has 0 saturated heterocycles. The summed E-state index contributed by atoms with van der Waals surface area (Å²) in [5, 5.41) is 2.76. The molecule has 14 heavy (non-hydrogen) atoms. The van der Waals surface area contributed by atoms with Crippen LogP contribution in [-0.2, 0) is 0 Å². The molecular formula is C10H14N2O2. The molecule has 0 aliphatic heterocycles. The zero-order valence-electron chi connectivity index (χ0n) is 8.33. The quantitative estimate of drug-likeness (QED) is 0.746. The largest absolute Gasteiger partial charge is 0.352 e. The number of aromatic nitrogens is 1. The van der Waals surface area contributed by atoms with E-state index in [9.17, 15) is 9.59 Å². The predicted octanol–water partition coefficient (Wildman–Crippen LogP) is 0.761. The molecule has 0 aliphatic carbocycles. The first-order chi connectivity index (χ1) is 6.59. The van der Waals surface area contributed by atoms with Gasteiger partial charge in [0.25, 0.3) is 5.91 Å². The van der Waals surface area contributed by atoms with Crippen molar-refractivity contribution in [3.05, 3.63) is 34.2 Å². The molecule has 0 aliphatic rings. The summed E-state index contributed by atoms with van der Waals surface area (Å²) < 4.78 is 0. The molecule has 76 valence electrons. The van der Waals surface area contributed by atoms with Crippen LogP contribution in [0.1, 0.15) is 24.2 Å². The Bertz CT molecular complexity index is 348. The number of hydrogen-bond donors (Lipinski definition) is 2. The molecular weight excluding hydrogens is 180 g/mol. The molecule has 0 bridgehead atoms. The molecule has 0 unspecified atom stereocenters. The third-order valence-electron chi connectivity index (χ3n) is 1.72. The van der Waals surface area contributed by atoms with Gasteiger partial charge in [-0.2, -0.15) is 0 Å². The summed E-state index contributed by atoms with van der Waals surface area (Å²) in [6.45, 7) is 4.68. The standard InChI is InChI=1S/C10H14N2O2/c1-7(2)5-12-10(14)8-3-4-9(13)11-6-8/h3-4,6-7H,5H2,1-2H3,(H,11,13)(H,12,14). The Kier molecular flexibility index (Phi) is 3.45. The van der Waals surface area contributed by atoms with Crippen molar-refractivity contribution >= 4 is 5.91 Å². The van der Waals surface area contributed by atoms with E-state index in [4.69, 9.17) is 0 Å². The molecule has 1 heterocycles. The first-order valence-corrected chi connectivity index (χ1v) is 4.56. The number of pyridine rings is 1. The zero-order chi connectivity index (χ0) is 10.6. The highest BCUT2D eigenvalue weighted by atomic mass is 16.1. The van der Waals surface area contributed by atoms with Crippen molar-refractivity contribution in [1.29, 1.82) is 0 Å². The monoisotopic (exact) mass is 194 g/mol. The minimum atomic E-state index is -0.203. The first kappa shape index (κ1) is 10.5. The second-order valence-electron chi connectivity index (χ2n) is 3.55. The van der Waals surface area contributed by atoms with Crippen molar-refractivity contribution in [3.63, 3.8) is 0 Å². The number of rotatable bonds is 3. The van der Waals surface area contributed by atoms with Gasteiger partial charge in [0.2, 0.25) is 5.56 Å². The van der Waals surface area contributed by atoms with Gasteiger partial charge < -0.3 is 10.3 Å². The molecule has 2 N–H and O–H groups in total. The van der Waals surface area contributed by atoms with Crippen molar-refractivity contribution in [2.24, 2.45) is 5.92 Å². The maximum absolute atomic E-state index is 11.4. The summed E-state index contributed by atoms with van der Waals surface area (Å²) in [5.41, 5.74) is 0.274. The van der Waals surface area contributed by atoms with Crippen LogP contribution in [0.5, 0.6) is 0 Å². The Morgan fingerprint density at radius 1 is 1.50 bits per heavy atom. The molecule has 0 aromatic carbocycles. The molecule has 1 aromatic rings. The number of nitrogens with one attached hydrogen (secondary N) is 2. The van der Waals surface area contributed by atoms with Crippen LogP contribution >= 0.6 is 0 Å². The Morgan fingerprint density at radius 2 is 2.21 bits per heavy atom. The SMILES string of the molecule is CC(C)CNC(=O)c1ccc(=O)[nH]c1. The van der Waals surface area contributed by atoms with E-state index in [0.717, 1.165) is 0 Å². The number of amides is 1. The summed E-state index contributed by atoms with van der Waals surface area (Å²) in [6, 6.07) is 2.85. The van der Waals surface area contributed by atoms with E-state index in [1.165, 1.54) is 18.3 Å². The summed E-state index contributed by atoms with van der Waals surface area (Å²) in [4.78, 5) is 24.6. The number of H-pyrrole nitrogens is 1. The van der Waals surface area contributed by atoms with Gasteiger partial charge in [0.05, 0.1) is 5.56 Å². The smallest absolute Gasteiger partial charge is 0.252 e. The molecule has 0 fully saturated rings. The number of hydrogen-bond acceptors (Lipinski definition) is 2. The first-order valence-electron chi connectivity index (χ1n) is 4.56. The molecule has 0 atom stereocenters. The Hall–Kier alpha value is -1.58. The van der Waals surface area contributed by atoms with Crippen LogP contribution in [0.4, 0.5) is 0 Å². The van der Waals surface area contributed by atoms with Crippen LogP contribution in [0.2, 0.25) is 0 Å². The van der Waals surface area contributed by atoms with Gasteiger partial charge in [0, 0.05) is 18.8 Å². The van der Waals surface area contributed by atoms with Gasteiger partial charge in [-0.3, -0.25) is 9.59 Å². The maximum Gasteiger partial charge on any atom is 0.252 e. The van der Waals surface area contributed by atoms with Crippen molar-refractivity contribution in [2.75, 3.05) is 6.54 Å². The fraction of sp³-hybridized carbons (Fsp3) is 0.400. The zero-order valence-corrected chi connectivity index (χ0v) is 8.33. The van der Waals surface area contributed by atoms with E-state index < -0.39 is 0 Å². The third kappa shape index (κ3) is 3.05. The highest BCUT2D eigenvalue weighted by Crippen LogP contribution is 1.94. The van der Waals surface area contributed by atoms with E-state index in [-0.39, 0.29) is 11.5 Å². The fourth-order valence-electron chi connectivity index (χ4n) is 0.951. The molecule has 1 rings (SSSR count). The molecule has 0 spiro atoms. The van der Waals surface area contributed by atoms with Crippen LogP contribution < -0.4 is 10.9 Å².